The summed E-state index contributed by atoms with van der Waals surface area (Å²) in [4.78, 5) is 17.8. The second-order valence-corrected chi connectivity index (χ2v) is 9.38. The molecule has 0 unspecified atom stereocenters. The van der Waals surface area contributed by atoms with Gasteiger partial charge in [0, 0.05) is 24.0 Å². The van der Waals surface area contributed by atoms with E-state index in [9.17, 15) is 18.7 Å². The van der Waals surface area contributed by atoms with Crippen LogP contribution in [-0.2, 0) is 0 Å². The molecule has 5 rings (SSSR count). The van der Waals surface area contributed by atoms with E-state index >= 15 is 0 Å². The summed E-state index contributed by atoms with van der Waals surface area (Å²) in [5.74, 6) is -0.223. The van der Waals surface area contributed by atoms with Gasteiger partial charge < -0.3 is 20.5 Å². The predicted octanol–water partition coefficient (Wildman–Crippen LogP) is 2.92. The van der Waals surface area contributed by atoms with Gasteiger partial charge >= 0.3 is 0 Å². The van der Waals surface area contributed by atoms with Crippen LogP contribution in [0.15, 0.2) is 36.8 Å². The number of carbonyl (C=O) groups is 1. The van der Waals surface area contributed by atoms with Gasteiger partial charge in [0.05, 0.1) is 36.5 Å². The summed E-state index contributed by atoms with van der Waals surface area (Å²) in [6.07, 6.45) is 4.37. The zero-order valence-electron chi connectivity index (χ0n) is 19.9. The molecule has 1 amide bonds. The largest absolute Gasteiger partial charge is 0.479 e. The number of hydrogen-bond donors (Lipinski definition) is 2. The van der Waals surface area contributed by atoms with Gasteiger partial charge in [0.25, 0.3) is 12.3 Å². The van der Waals surface area contributed by atoms with E-state index in [1.165, 1.54) is 18.2 Å². The third kappa shape index (κ3) is 4.32. The molecular weight excluding hydrogens is 472 g/mol. The molecule has 4 aromatic heterocycles. The third-order valence-electron chi connectivity index (χ3n) is 6.82. The molecular formula is C24H27F2N7O3. The molecule has 4 heterocycles. The van der Waals surface area contributed by atoms with Crippen molar-refractivity contribution < 1.29 is 23.4 Å². The summed E-state index contributed by atoms with van der Waals surface area (Å²) in [6, 6.07) is 5.20. The first-order valence-electron chi connectivity index (χ1n) is 11.6. The molecule has 36 heavy (non-hydrogen) atoms. The second-order valence-electron chi connectivity index (χ2n) is 9.38. The zero-order valence-corrected chi connectivity index (χ0v) is 19.9. The van der Waals surface area contributed by atoms with Crippen LogP contribution in [0.25, 0.3) is 22.2 Å². The molecule has 0 saturated heterocycles. The van der Waals surface area contributed by atoms with Crippen molar-refractivity contribution in [2.75, 3.05) is 18.6 Å². The molecule has 1 aliphatic carbocycles. The number of halogens is 2. The molecule has 3 N–H and O–H groups in total. The molecule has 4 aromatic rings. The molecule has 12 heteroatoms. The molecule has 0 radical (unpaired) electrons. The number of amides is 1. The van der Waals surface area contributed by atoms with Crippen molar-refractivity contribution >= 4 is 22.9 Å². The van der Waals surface area contributed by atoms with Crippen LogP contribution in [0.2, 0.25) is 0 Å². The van der Waals surface area contributed by atoms with Gasteiger partial charge in [-0.05, 0) is 56.4 Å². The maximum Gasteiger partial charge on any atom is 0.255 e. The average molecular weight is 500 g/mol. The Morgan fingerprint density at radius 2 is 2.03 bits per heavy atom. The highest BCUT2D eigenvalue weighted by atomic mass is 19.3. The monoisotopic (exact) mass is 499 g/mol. The van der Waals surface area contributed by atoms with Crippen LogP contribution >= 0.6 is 0 Å². The van der Waals surface area contributed by atoms with Crippen LogP contribution in [0.1, 0.15) is 43.0 Å². The number of fused-ring (bicyclic) bond motifs is 2. The molecule has 1 aliphatic rings. The minimum Gasteiger partial charge on any atom is -0.479 e. The fraction of sp³-hybridized carbons (Fsp3) is 0.417. The molecule has 1 saturated carbocycles. The van der Waals surface area contributed by atoms with Crippen molar-refractivity contribution in [3.8, 4) is 17.0 Å². The Kier molecular flexibility index (Phi) is 5.99. The van der Waals surface area contributed by atoms with Gasteiger partial charge in [0.1, 0.15) is 5.52 Å². The quantitative estimate of drug-likeness (QED) is 0.401. The lowest BCUT2D eigenvalue weighted by molar-refractivity contribution is 0.0158. The minimum absolute atomic E-state index is 0.135. The van der Waals surface area contributed by atoms with Gasteiger partial charge in [-0.25, -0.2) is 17.8 Å². The van der Waals surface area contributed by atoms with Crippen molar-refractivity contribution in [3.63, 3.8) is 0 Å². The van der Waals surface area contributed by atoms with Gasteiger partial charge in [-0.3, -0.25) is 4.79 Å². The summed E-state index contributed by atoms with van der Waals surface area (Å²) in [7, 11) is 1.46. The Bertz CT molecular complexity index is 1420. The first kappa shape index (κ1) is 23.9. The third-order valence-corrected chi connectivity index (χ3v) is 6.82. The smallest absolute Gasteiger partial charge is 0.255 e. The number of carbonyl (C=O) groups excluding carboxylic acids is 1. The fourth-order valence-corrected chi connectivity index (χ4v) is 4.89. The number of primary amides is 1. The van der Waals surface area contributed by atoms with Crippen LogP contribution in [0.5, 0.6) is 5.88 Å². The molecule has 0 bridgehead atoms. The molecule has 190 valence electrons. The second kappa shape index (κ2) is 9.01. The first-order chi connectivity index (χ1) is 17.2. The number of nitrogens with zero attached hydrogens (tertiary/aromatic N) is 6. The van der Waals surface area contributed by atoms with Crippen LogP contribution in [-0.4, -0.2) is 66.9 Å². The lowest BCUT2D eigenvalue weighted by Crippen LogP contribution is -2.45. The number of aliphatic hydroxyl groups is 1. The fourth-order valence-electron chi connectivity index (χ4n) is 4.89. The normalized spacial score (nSPS) is 20.3. The Morgan fingerprint density at radius 3 is 2.69 bits per heavy atom. The van der Waals surface area contributed by atoms with Crippen molar-refractivity contribution in [1.82, 2.24) is 24.2 Å². The lowest BCUT2D eigenvalue weighted by Gasteiger charge is -2.39. The molecule has 10 nitrogen and oxygen atoms in total. The summed E-state index contributed by atoms with van der Waals surface area (Å²) in [5.41, 5.74) is 7.55. The SMILES string of the molecule is COc1nc(N(CC(F)F)C2CCC(C)(O)CC2)nn2ccc(-c3ccn4ncc(C(N)=O)c4c3)c12. The van der Waals surface area contributed by atoms with Crippen LogP contribution in [0.3, 0.4) is 0 Å². The van der Waals surface area contributed by atoms with E-state index in [0.717, 1.165) is 11.1 Å². The number of anilines is 1. The van der Waals surface area contributed by atoms with Gasteiger partial charge in [-0.15, -0.1) is 5.10 Å². The number of nitrogens with two attached hydrogens (primary N) is 1. The molecule has 0 aliphatic heterocycles. The van der Waals surface area contributed by atoms with Crippen molar-refractivity contribution in [3.05, 3.63) is 42.4 Å². The van der Waals surface area contributed by atoms with Gasteiger partial charge in [0.2, 0.25) is 11.8 Å². The number of methoxy groups -OCH3 is 1. The van der Waals surface area contributed by atoms with E-state index in [1.807, 2.05) is 12.1 Å². The van der Waals surface area contributed by atoms with Gasteiger partial charge in [-0.1, -0.05) is 0 Å². The van der Waals surface area contributed by atoms with E-state index < -0.39 is 24.5 Å². The zero-order chi connectivity index (χ0) is 25.6. The van der Waals surface area contributed by atoms with E-state index in [-0.39, 0.29) is 17.9 Å². The molecule has 1 fully saturated rings. The van der Waals surface area contributed by atoms with Crippen LogP contribution in [0.4, 0.5) is 14.7 Å². The average Bonchev–Trinajstić information content (AvgIpc) is 3.46. The van der Waals surface area contributed by atoms with Crippen molar-refractivity contribution in [2.45, 2.75) is 50.7 Å². The summed E-state index contributed by atoms with van der Waals surface area (Å²) < 4.78 is 35.8. The van der Waals surface area contributed by atoms with Gasteiger partial charge in [0.15, 0.2) is 0 Å². The van der Waals surface area contributed by atoms with E-state index in [0.29, 0.717) is 42.3 Å². The molecule has 0 aromatic carbocycles. The summed E-state index contributed by atoms with van der Waals surface area (Å²) in [5, 5.41) is 19.0. The number of alkyl halides is 2. The maximum absolute atomic E-state index is 13.6. The Balaban J connectivity index is 1.57. The minimum atomic E-state index is -2.58. The highest BCUT2D eigenvalue weighted by Gasteiger charge is 2.34. The summed E-state index contributed by atoms with van der Waals surface area (Å²) in [6.45, 7) is 1.24. The highest BCUT2D eigenvalue weighted by molar-refractivity contribution is 6.00. The van der Waals surface area contributed by atoms with E-state index in [4.69, 9.17) is 10.5 Å². The van der Waals surface area contributed by atoms with Crippen LogP contribution in [0, 0.1) is 0 Å². The molecule has 0 atom stereocenters. The van der Waals surface area contributed by atoms with E-state index in [1.54, 1.807) is 34.4 Å². The van der Waals surface area contributed by atoms with Crippen molar-refractivity contribution in [2.24, 2.45) is 5.73 Å². The molecule has 0 spiro atoms. The highest BCUT2D eigenvalue weighted by Crippen LogP contribution is 2.35. The Morgan fingerprint density at radius 1 is 1.31 bits per heavy atom. The number of ether oxygens (including phenoxy) is 1. The first-order valence-corrected chi connectivity index (χ1v) is 11.6. The predicted molar refractivity (Wildman–Crippen MR) is 128 cm³/mol. The summed E-state index contributed by atoms with van der Waals surface area (Å²) >= 11 is 0. The topological polar surface area (TPSA) is 123 Å². The number of pyridine rings is 1. The van der Waals surface area contributed by atoms with Crippen molar-refractivity contribution in [1.29, 1.82) is 0 Å². The number of hydrogen-bond acceptors (Lipinski definition) is 7. The Labute approximate surface area is 205 Å². The Hall–Kier alpha value is -3.80. The number of rotatable bonds is 7. The maximum atomic E-state index is 13.6. The standard InChI is InChI=1S/C24H27F2N7O3/c1-24(35)7-3-15(4-8-24)31(13-19(25)26)23-29-22(36-2)20-16(6-10-33(20)30-23)14-5-9-32-18(11-14)17(12-28-32)21(27)34/h5-6,9-12,15,19,35H,3-4,7-8,13H2,1-2H3,(H2,27,34). The number of aromatic nitrogens is 5. The van der Waals surface area contributed by atoms with E-state index in [2.05, 4.69) is 15.2 Å². The lowest BCUT2D eigenvalue weighted by atomic mass is 9.83. The van der Waals surface area contributed by atoms with Gasteiger partial charge in [-0.2, -0.15) is 10.1 Å². The van der Waals surface area contributed by atoms with Crippen LogP contribution < -0.4 is 15.4 Å².